The summed E-state index contributed by atoms with van der Waals surface area (Å²) in [6.07, 6.45) is 6.58. The maximum absolute atomic E-state index is 12.2. The summed E-state index contributed by atoms with van der Waals surface area (Å²) in [6.45, 7) is 3.14. The summed E-state index contributed by atoms with van der Waals surface area (Å²) in [7, 11) is 0. The van der Waals surface area contributed by atoms with Gasteiger partial charge < -0.3 is 9.73 Å². The molecule has 0 atom stereocenters. The molecule has 0 saturated heterocycles. The van der Waals surface area contributed by atoms with E-state index in [0.29, 0.717) is 35.1 Å². The third-order valence-corrected chi connectivity index (χ3v) is 4.26. The second kappa shape index (κ2) is 6.01. The SMILES string of the molecule is CCc1cnc(CNc2cnn(CC3CC3)c(=O)c2Br)o1. The van der Waals surface area contributed by atoms with E-state index in [1.54, 1.807) is 12.4 Å². The Bertz CT molecular complexity index is 691. The lowest BCUT2D eigenvalue weighted by atomic mass is 10.4. The maximum atomic E-state index is 12.2. The van der Waals surface area contributed by atoms with Crippen LogP contribution in [-0.4, -0.2) is 14.8 Å². The molecule has 112 valence electrons. The first-order valence-electron chi connectivity index (χ1n) is 7.10. The fraction of sp³-hybridized carbons (Fsp3) is 0.500. The van der Waals surface area contributed by atoms with Crippen LogP contribution in [0.3, 0.4) is 0 Å². The van der Waals surface area contributed by atoms with E-state index in [4.69, 9.17) is 4.42 Å². The van der Waals surface area contributed by atoms with E-state index in [1.807, 2.05) is 6.92 Å². The van der Waals surface area contributed by atoms with Gasteiger partial charge in [-0.25, -0.2) is 9.67 Å². The number of hydrogen-bond acceptors (Lipinski definition) is 5. The van der Waals surface area contributed by atoms with Crippen LogP contribution in [0.4, 0.5) is 5.69 Å². The van der Waals surface area contributed by atoms with Crippen molar-refractivity contribution in [3.63, 3.8) is 0 Å². The minimum Gasteiger partial charge on any atom is -0.444 e. The zero-order chi connectivity index (χ0) is 14.8. The number of nitrogens with one attached hydrogen (secondary N) is 1. The lowest BCUT2D eigenvalue weighted by molar-refractivity contribution is 0.465. The first-order chi connectivity index (χ1) is 10.2. The van der Waals surface area contributed by atoms with E-state index in [9.17, 15) is 4.79 Å². The Kier molecular flexibility index (Phi) is 4.10. The van der Waals surface area contributed by atoms with Crippen molar-refractivity contribution in [2.75, 3.05) is 5.32 Å². The predicted octanol–water partition coefficient (Wildman–Crippen LogP) is 2.58. The van der Waals surface area contributed by atoms with Crippen molar-refractivity contribution in [1.29, 1.82) is 0 Å². The van der Waals surface area contributed by atoms with Gasteiger partial charge >= 0.3 is 0 Å². The lowest BCUT2D eigenvalue weighted by Crippen LogP contribution is -2.25. The van der Waals surface area contributed by atoms with Crippen LogP contribution in [0.1, 0.15) is 31.4 Å². The average Bonchev–Trinajstić information content (AvgIpc) is 3.18. The molecule has 0 unspecified atom stereocenters. The Morgan fingerprint density at radius 3 is 2.95 bits per heavy atom. The van der Waals surface area contributed by atoms with Crippen LogP contribution in [0.2, 0.25) is 0 Å². The van der Waals surface area contributed by atoms with Gasteiger partial charge in [-0.15, -0.1) is 0 Å². The van der Waals surface area contributed by atoms with Gasteiger partial charge in [-0.1, -0.05) is 6.92 Å². The third kappa shape index (κ3) is 3.34. The van der Waals surface area contributed by atoms with Crippen LogP contribution in [0.25, 0.3) is 0 Å². The molecule has 0 radical (unpaired) electrons. The third-order valence-electron chi connectivity index (χ3n) is 3.49. The maximum Gasteiger partial charge on any atom is 0.283 e. The van der Waals surface area contributed by atoms with Gasteiger partial charge in [0.05, 0.1) is 24.6 Å². The van der Waals surface area contributed by atoms with Gasteiger partial charge in [-0.05, 0) is 34.7 Å². The van der Waals surface area contributed by atoms with Crippen LogP contribution in [0.5, 0.6) is 0 Å². The highest BCUT2D eigenvalue weighted by Crippen LogP contribution is 2.30. The number of anilines is 1. The van der Waals surface area contributed by atoms with E-state index >= 15 is 0 Å². The van der Waals surface area contributed by atoms with Crippen molar-refractivity contribution in [1.82, 2.24) is 14.8 Å². The summed E-state index contributed by atoms with van der Waals surface area (Å²) < 4.78 is 7.54. The van der Waals surface area contributed by atoms with Gasteiger partial charge in [0.1, 0.15) is 10.2 Å². The van der Waals surface area contributed by atoms with Crippen molar-refractivity contribution in [3.05, 3.63) is 38.9 Å². The molecule has 0 aromatic carbocycles. The number of aromatic nitrogens is 3. The molecule has 3 rings (SSSR count). The summed E-state index contributed by atoms with van der Waals surface area (Å²) in [4.78, 5) is 16.4. The molecule has 2 aromatic heterocycles. The molecule has 1 aliphatic rings. The van der Waals surface area contributed by atoms with Gasteiger partial charge in [-0.2, -0.15) is 5.10 Å². The molecule has 1 aliphatic carbocycles. The highest BCUT2D eigenvalue weighted by molar-refractivity contribution is 9.10. The summed E-state index contributed by atoms with van der Waals surface area (Å²) in [5.41, 5.74) is 0.553. The summed E-state index contributed by atoms with van der Waals surface area (Å²) in [6, 6.07) is 0. The molecule has 2 heterocycles. The van der Waals surface area contributed by atoms with E-state index in [1.165, 1.54) is 17.5 Å². The number of halogens is 1. The highest BCUT2D eigenvalue weighted by Gasteiger charge is 2.23. The number of hydrogen-bond donors (Lipinski definition) is 1. The van der Waals surface area contributed by atoms with E-state index in [2.05, 4.69) is 31.3 Å². The standard InChI is InChI=1S/C14H17BrN4O2/c1-2-10-5-17-12(21-10)7-16-11-6-18-19(8-9-3-4-9)14(20)13(11)15/h5-6,9,16H,2-4,7-8H2,1H3. The number of nitrogens with zero attached hydrogens (tertiary/aromatic N) is 3. The molecule has 0 spiro atoms. The smallest absolute Gasteiger partial charge is 0.283 e. The molecule has 7 heteroatoms. The molecular weight excluding hydrogens is 336 g/mol. The number of oxazole rings is 1. The van der Waals surface area contributed by atoms with Crippen molar-refractivity contribution < 1.29 is 4.42 Å². The van der Waals surface area contributed by atoms with Crippen molar-refractivity contribution >= 4 is 21.6 Å². The fourth-order valence-electron chi connectivity index (χ4n) is 2.03. The van der Waals surface area contributed by atoms with Crippen molar-refractivity contribution in [2.24, 2.45) is 5.92 Å². The molecule has 1 saturated carbocycles. The average molecular weight is 353 g/mol. The van der Waals surface area contributed by atoms with Crippen LogP contribution in [0.15, 0.2) is 26.1 Å². The predicted molar refractivity (Wildman–Crippen MR) is 82.1 cm³/mol. The van der Waals surface area contributed by atoms with Crippen LogP contribution < -0.4 is 10.9 Å². The first kappa shape index (κ1) is 14.3. The second-order valence-corrected chi connectivity index (χ2v) is 6.02. The Morgan fingerprint density at radius 1 is 1.48 bits per heavy atom. The summed E-state index contributed by atoms with van der Waals surface area (Å²) in [5, 5.41) is 7.34. The summed E-state index contributed by atoms with van der Waals surface area (Å²) >= 11 is 3.35. The molecule has 0 aliphatic heterocycles. The summed E-state index contributed by atoms with van der Waals surface area (Å²) in [5.74, 6) is 2.06. The Morgan fingerprint density at radius 2 is 2.29 bits per heavy atom. The lowest BCUT2D eigenvalue weighted by Gasteiger charge is -2.09. The molecule has 1 fully saturated rings. The van der Waals surface area contributed by atoms with Gasteiger partial charge in [0.2, 0.25) is 5.89 Å². The molecule has 21 heavy (non-hydrogen) atoms. The minimum atomic E-state index is -0.103. The second-order valence-electron chi connectivity index (χ2n) is 5.23. The van der Waals surface area contributed by atoms with Crippen LogP contribution in [-0.2, 0) is 19.5 Å². The molecule has 1 N–H and O–H groups in total. The molecule has 0 bridgehead atoms. The zero-order valence-electron chi connectivity index (χ0n) is 11.8. The quantitative estimate of drug-likeness (QED) is 0.864. The minimum absolute atomic E-state index is 0.103. The molecular formula is C14H17BrN4O2. The fourth-order valence-corrected chi connectivity index (χ4v) is 2.47. The zero-order valence-corrected chi connectivity index (χ0v) is 13.4. The van der Waals surface area contributed by atoms with Crippen molar-refractivity contribution in [2.45, 2.75) is 39.3 Å². The van der Waals surface area contributed by atoms with Gasteiger partial charge in [0.25, 0.3) is 5.56 Å². The molecule has 6 nitrogen and oxygen atoms in total. The molecule has 0 amide bonds. The number of rotatable bonds is 6. The monoisotopic (exact) mass is 352 g/mol. The largest absolute Gasteiger partial charge is 0.444 e. The van der Waals surface area contributed by atoms with Gasteiger partial charge in [0.15, 0.2) is 0 Å². The Hall–Kier alpha value is -1.63. The molecule has 2 aromatic rings. The van der Waals surface area contributed by atoms with Crippen LogP contribution >= 0.6 is 15.9 Å². The van der Waals surface area contributed by atoms with Gasteiger partial charge in [-0.3, -0.25) is 4.79 Å². The highest BCUT2D eigenvalue weighted by atomic mass is 79.9. The van der Waals surface area contributed by atoms with E-state index in [-0.39, 0.29) is 5.56 Å². The Labute approximate surface area is 130 Å². The van der Waals surface area contributed by atoms with Crippen molar-refractivity contribution in [3.8, 4) is 0 Å². The van der Waals surface area contributed by atoms with E-state index in [0.717, 1.165) is 12.2 Å². The van der Waals surface area contributed by atoms with E-state index < -0.39 is 0 Å². The van der Waals surface area contributed by atoms with Gasteiger partial charge in [0, 0.05) is 13.0 Å². The number of aryl methyl sites for hydroxylation is 1. The van der Waals surface area contributed by atoms with Crippen LogP contribution in [0, 0.1) is 5.92 Å². The topological polar surface area (TPSA) is 73.0 Å². The first-order valence-corrected chi connectivity index (χ1v) is 7.89. The Balaban J connectivity index is 1.70. The normalized spacial score (nSPS) is 14.4.